The van der Waals surface area contributed by atoms with Gasteiger partial charge in [-0.25, -0.2) is 4.68 Å². The number of methoxy groups -OCH3 is 1. The zero-order valence-corrected chi connectivity index (χ0v) is 14.6. The number of nitrogens with zero attached hydrogens (tertiary/aromatic N) is 3. The fraction of sp³-hybridized carbons (Fsp3) is 0.167. The normalized spacial score (nSPS) is 10.5. The molecule has 0 aliphatic carbocycles. The van der Waals surface area contributed by atoms with Crippen molar-refractivity contribution in [3.63, 3.8) is 0 Å². The average molecular weight is 357 g/mol. The van der Waals surface area contributed by atoms with Crippen LogP contribution in [0.4, 0.5) is 0 Å². The molecule has 0 bridgehead atoms. The van der Waals surface area contributed by atoms with E-state index in [9.17, 15) is 4.79 Å². The number of hydrogen-bond acceptors (Lipinski definition) is 4. The summed E-state index contributed by atoms with van der Waals surface area (Å²) in [6.07, 6.45) is 0. The number of carbonyl (C=O) groups excluding carboxylic acids is 1. The number of aromatic nitrogens is 3. The van der Waals surface area contributed by atoms with Crippen molar-refractivity contribution in [2.75, 3.05) is 7.11 Å². The van der Waals surface area contributed by atoms with Crippen molar-refractivity contribution in [2.24, 2.45) is 0 Å². The Balaban J connectivity index is 1.73. The first-order chi connectivity index (χ1) is 12.1. The topological polar surface area (TPSA) is 69.0 Å². The molecule has 0 saturated heterocycles. The third kappa shape index (κ3) is 3.80. The highest BCUT2D eigenvalue weighted by molar-refractivity contribution is 6.30. The summed E-state index contributed by atoms with van der Waals surface area (Å²) in [4.78, 5) is 12.4. The lowest BCUT2D eigenvalue weighted by molar-refractivity contribution is 0.0945. The molecule has 1 aromatic heterocycles. The number of ether oxygens (including phenoxy) is 1. The molecule has 0 aliphatic rings. The van der Waals surface area contributed by atoms with Crippen molar-refractivity contribution < 1.29 is 9.53 Å². The molecule has 6 nitrogen and oxygen atoms in total. The number of hydrogen-bond donors (Lipinski definition) is 1. The minimum atomic E-state index is -0.277. The van der Waals surface area contributed by atoms with E-state index in [4.69, 9.17) is 16.3 Å². The molecular weight excluding hydrogens is 340 g/mol. The maximum Gasteiger partial charge on any atom is 0.274 e. The lowest BCUT2D eigenvalue weighted by atomic mass is 10.2. The number of amides is 1. The molecule has 3 aromatic rings. The van der Waals surface area contributed by atoms with Crippen molar-refractivity contribution in [2.45, 2.75) is 13.5 Å². The Bertz CT molecular complexity index is 890. The molecular formula is C18H17ClN4O2. The molecule has 0 aliphatic heterocycles. The van der Waals surface area contributed by atoms with Gasteiger partial charge >= 0.3 is 0 Å². The van der Waals surface area contributed by atoms with Crippen molar-refractivity contribution >= 4 is 17.5 Å². The first-order valence-electron chi connectivity index (χ1n) is 7.68. The molecule has 0 saturated carbocycles. The standard InChI is InChI=1S/C18H17ClN4O2/c1-12-17(21-22-23(12)15-8-6-14(19)7-9-15)18(24)20-11-13-4-3-5-16(10-13)25-2/h3-10H,11H2,1-2H3,(H,20,24). The van der Waals surface area contributed by atoms with Gasteiger partial charge in [-0.3, -0.25) is 4.79 Å². The van der Waals surface area contributed by atoms with Crippen LogP contribution in [-0.4, -0.2) is 28.0 Å². The number of carbonyl (C=O) groups is 1. The van der Waals surface area contributed by atoms with Gasteiger partial charge in [0.05, 0.1) is 18.5 Å². The zero-order valence-electron chi connectivity index (χ0n) is 13.9. The van der Waals surface area contributed by atoms with Gasteiger partial charge in [-0.05, 0) is 48.9 Å². The van der Waals surface area contributed by atoms with Gasteiger partial charge < -0.3 is 10.1 Å². The van der Waals surface area contributed by atoms with Crippen LogP contribution < -0.4 is 10.1 Å². The Morgan fingerprint density at radius 2 is 2.00 bits per heavy atom. The van der Waals surface area contributed by atoms with E-state index in [0.717, 1.165) is 17.0 Å². The maximum atomic E-state index is 12.4. The molecule has 128 valence electrons. The van der Waals surface area contributed by atoms with Crippen molar-refractivity contribution in [3.05, 3.63) is 70.5 Å². The predicted molar refractivity (Wildman–Crippen MR) is 95.3 cm³/mol. The SMILES string of the molecule is COc1cccc(CNC(=O)c2nnn(-c3ccc(Cl)cc3)c2C)c1. The van der Waals surface area contributed by atoms with Crippen LogP contribution in [0.5, 0.6) is 5.75 Å². The zero-order chi connectivity index (χ0) is 17.8. The Hall–Kier alpha value is -2.86. The Morgan fingerprint density at radius 3 is 2.72 bits per heavy atom. The van der Waals surface area contributed by atoms with E-state index in [1.54, 1.807) is 30.8 Å². The minimum absolute atomic E-state index is 0.277. The van der Waals surface area contributed by atoms with Gasteiger partial charge in [-0.1, -0.05) is 28.9 Å². The summed E-state index contributed by atoms with van der Waals surface area (Å²) in [5.74, 6) is 0.470. The lowest BCUT2D eigenvalue weighted by Gasteiger charge is -2.07. The molecule has 0 unspecified atom stereocenters. The Morgan fingerprint density at radius 1 is 1.24 bits per heavy atom. The minimum Gasteiger partial charge on any atom is -0.497 e. The van der Waals surface area contributed by atoms with Crippen LogP contribution in [0.15, 0.2) is 48.5 Å². The molecule has 0 atom stereocenters. The molecule has 3 rings (SSSR count). The van der Waals surface area contributed by atoms with Gasteiger partial charge in [0.2, 0.25) is 0 Å². The number of nitrogens with one attached hydrogen (secondary N) is 1. The van der Waals surface area contributed by atoms with Gasteiger partial charge in [0, 0.05) is 11.6 Å². The van der Waals surface area contributed by atoms with Crippen molar-refractivity contribution in [1.82, 2.24) is 20.3 Å². The molecule has 1 heterocycles. The van der Waals surface area contributed by atoms with Crippen LogP contribution in [0.2, 0.25) is 5.02 Å². The predicted octanol–water partition coefficient (Wildman–Crippen LogP) is 3.17. The Kier molecular flexibility index (Phi) is 5.00. The molecule has 1 N–H and O–H groups in total. The molecule has 0 fully saturated rings. The van der Waals surface area contributed by atoms with Gasteiger partial charge in [0.1, 0.15) is 5.75 Å². The van der Waals surface area contributed by atoms with Crippen LogP contribution in [0, 0.1) is 6.92 Å². The van der Waals surface area contributed by atoms with Gasteiger partial charge in [0.25, 0.3) is 5.91 Å². The highest BCUT2D eigenvalue weighted by atomic mass is 35.5. The van der Waals surface area contributed by atoms with E-state index in [-0.39, 0.29) is 11.6 Å². The highest BCUT2D eigenvalue weighted by Crippen LogP contribution is 2.16. The molecule has 25 heavy (non-hydrogen) atoms. The van der Waals surface area contributed by atoms with Crippen LogP contribution in [-0.2, 0) is 6.54 Å². The van der Waals surface area contributed by atoms with E-state index in [1.165, 1.54) is 0 Å². The highest BCUT2D eigenvalue weighted by Gasteiger charge is 2.17. The van der Waals surface area contributed by atoms with E-state index in [1.807, 2.05) is 36.4 Å². The quantitative estimate of drug-likeness (QED) is 0.762. The smallest absolute Gasteiger partial charge is 0.274 e. The van der Waals surface area contributed by atoms with E-state index >= 15 is 0 Å². The summed E-state index contributed by atoms with van der Waals surface area (Å²) in [5, 5.41) is 11.6. The first kappa shape index (κ1) is 17.0. The van der Waals surface area contributed by atoms with Crippen LogP contribution in [0.3, 0.4) is 0 Å². The van der Waals surface area contributed by atoms with Crippen LogP contribution in [0.25, 0.3) is 5.69 Å². The number of halogens is 1. The summed E-state index contributed by atoms with van der Waals surface area (Å²) in [6.45, 7) is 2.18. The fourth-order valence-corrected chi connectivity index (χ4v) is 2.54. The van der Waals surface area contributed by atoms with Gasteiger partial charge in [0.15, 0.2) is 5.69 Å². The number of rotatable bonds is 5. The summed E-state index contributed by atoms with van der Waals surface area (Å²) in [5.41, 5.74) is 2.68. The second kappa shape index (κ2) is 7.36. The molecule has 0 radical (unpaired) electrons. The van der Waals surface area contributed by atoms with Gasteiger partial charge in [-0.15, -0.1) is 5.10 Å². The van der Waals surface area contributed by atoms with E-state index in [2.05, 4.69) is 15.6 Å². The number of benzene rings is 2. The van der Waals surface area contributed by atoms with Crippen LogP contribution >= 0.6 is 11.6 Å². The van der Waals surface area contributed by atoms with Gasteiger partial charge in [-0.2, -0.15) is 0 Å². The molecule has 0 spiro atoms. The molecule has 7 heteroatoms. The largest absolute Gasteiger partial charge is 0.497 e. The maximum absolute atomic E-state index is 12.4. The van der Waals surface area contributed by atoms with Crippen LogP contribution in [0.1, 0.15) is 21.7 Å². The fourth-order valence-electron chi connectivity index (χ4n) is 2.41. The lowest BCUT2D eigenvalue weighted by Crippen LogP contribution is -2.24. The third-order valence-corrected chi connectivity index (χ3v) is 4.02. The monoisotopic (exact) mass is 356 g/mol. The molecule has 1 amide bonds. The second-order valence-corrected chi connectivity index (χ2v) is 5.88. The second-order valence-electron chi connectivity index (χ2n) is 5.45. The third-order valence-electron chi connectivity index (χ3n) is 3.77. The average Bonchev–Trinajstić information content (AvgIpc) is 3.02. The summed E-state index contributed by atoms with van der Waals surface area (Å²) < 4.78 is 6.79. The summed E-state index contributed by atoms with van der Waals surface area (Å²) >= 11 is 5.90. The van der Waals surface area contributed by atoms with E-state index < -0.39 is 0 Å². The molecule has 2 aromatic carbocycles. The Labute approximate surface area is 150 Å². The van der Waals surface area contributed by atoms with Crippen molar-refractivity contribution in [3.8, 4) is 11.4 Å². The summed E-state index contributed by atoms with van der Waals surface area (Å²) in [7, 11) is 1.61. The summed E-state index contributed by atoms with van der Waals surface area (Å²) in [6, 6.07) is 14.7. The van der Waals surface area contributed by atoms with E-state index in [0.29, 0.717) is 17.3 Å². The van der Waals surface area contributed by atoms with Crippen molar-refractivity contribution in [1.29, 1.82) is 0 Å². The first-order valence-corrected chi connectivity index (χ1v) is 8.05.